The van der Waals surface area contributed by atoms with Crippen molar-refractivity contribution in [1.82, 2.24) is 10.6 Å². The second-order valence-corrected chi connectivity index (χ2v) is 4.46. The summed E-state index contributed by atoms with van der Waals surface area (Å²) in [6.45, 7) is 5.14. The van der Waals surface area contributed by atoms with Gasteiger partial charge in [-0.15, -0.1) is 0 Å². The Labute approximate surface area is 125 Å². The Kier molecular flexibility index (Phi) is 7.64. The Bertz CT molecular complexity index is 481. The number of hydrogen-bond acceptors (Lipinski definition) is 3. The van der Waals surface area contributed by atoms with Gasteiger partial charge >= 0.3 is 0 Å². The van der Waals surface area contributed by atoms with E-state index in [1.165, 1.54) is 13.0 Å². The van der Waals surface area contributed by atoms with Gasteiger partial charge in [0.15, 0.2) is 0 Å². The van der Waals surface area contributed by atoms with Gasteiger partial charge in [-0.2, -0.15) is 0 Å². The molecule has 0 aromatic heterocycles. The van der Waals surface area contributed by atoms with Gasteiger partial charge in [-0.3, -0.25) is 9.59 Å². The average molecular weight is 290 g/mol. The molecule has 2 N–H and O–H groups in total. The summed E-state index contributed by atoms with van der Waals surface area (Å²) in [7, 11) is 0. The van der Waals surface area contributed by atoms with E-state index in [4.69, 9.17) is 4.74 Å². The highest BCUT2D eigenvalue weighted by Crippen LogP contribution is 2.12. The largest absolute Gasteiger partial charge is 0.494 e. The lowest BCUT2D eigenvalue weighted by atomic mass is 10.2. The first kappa shape index (κ1) is 16.8. The molecule has 0 radical (unpaired) electrons. The molecule has 1 aromatic rings. The van der Waals surface area contributed by atoms with Crippen LogP contribution in [0.4, 0.5) is 0 Å². The van der Waals surface area contributed by atoms with E-state index in [9.17, 15) is 9.59 Å². The first-order valence-corrected chi connectivity index (χ1v) is 7.05. The number of benzene rings is 1. The first-order valence-electron chi connectivity index (χ1n) is 7.05. The SMILES string of the molecule is CCOc1ccc(/C=C/C(=O)NCCCNC(C)=O)cc1. The van der Waals surface area contributed by atoms with Crippen LogP contribution in [0.25, 0.3) is 6.08 Å². The van der Waals surface area contributed by atoms with E-state index in [2.05, 4.69) is 10.6 Å². The van der Waals surface area contributed by atoms with Gasteiger partial charge in [0, 0.05) is 26.1 Å². The van der Waals surface area contributed by atoms with Gasteiger partial charge in [-0.1, -0.05) is 12.1 Å². The summed E-state index contributed by atoms with van der Waals surface area (Å²) in [4.78, 5) is 22.2. The normalized spacial score (nSPS) is 10.4. The van der Waals surface area contributed by atoms with Crippen LogP contribution < -0.4 is 15.4 Å². The van der Waals surface area contributed by atoms with E-state index in [1.807, 2.05) is 31.2 Å². The molecule has 1 rings (SSSR count). The number of nitrogens with one attached hydrogen (secondary N) is 2. The van der Waals surface area contributed by atoms with E-state index in [0.29, 0.717) is 26.1 Å². The van der Waals surface area contributed by atoms with Gasteiger partial charge in [-0.25, -0.2) is 0 Å². The van der Waals surface area contributed by atoms with E-state index >= 15 is 0 Å². The zero-order chi connectivity index (χ0) is 15.5. The van der Waals surface area contributed by atoms with Crippen LogP contribution >= 0.6 is 0 Å². The molecular weight excluding hydrogens is 268 g/mol. The minimum atomic E-state index is -0.147. The Hall–Kier alpha value is -2.30. The molecule has 0 bridgehead atoms. The topological polar surface area (TPSA) is 67.4 Å². The fourth-order valence-corrected chi connectivity index (χ4v) is 1.64. The molecule has 1 aromatic carbocycles. The summed E-state index contributed by atoms with van der Waals surface area (Å²) < 4.78 is 5.35. The van der Waals surface area contributed by atoms with Crippen LogP contribution in [-0.2, 0) is 9.59 Å². The maximum Gasteiger partial charge on any atom is 0.244 e. The van der Waals surface area contributed by atoms with Crippen LogP contribution in [0.2, 0.25) is 0 Å². The van der Waals surface area contributed by atoms with Gasteiger partial charge < -0.3 is 15.4 Å². The zero-order valence-electron chi connectivity index (χ0n) is 12.5. The van der Waals surface area contributed by atoms with Crippen molar-refractivity contribution in [3.05, 3.63) is 35.9 Å². The second-order valence-electron chi connectivity index (χ2n) is 4.46. The molecule has 21 heavy (non-hydrogen) atoms. The molecule has 0 fully saturated rings. The summed E-state index contributed by atoms with van der Waals surface area (Å²) in [5, 5.41) is 5.43. The Morgan fingerprint density at radius 2 is 1.81 bits per heavy atom. The predicted molar refractivity (Wildman–Crippen MR) is 83.0 cm³/mol. The quantitative estimate of drug-likeness (QED) is 0.566. The molecular formula is C16H22N2O3. The fraction of sp³-hybridized carbons (Fsp3) is 0.375. The van der Waals surface area contributed by atoms with Crippen LogP contribution in [0, 0.1) is 0 Å². The lowest BCUT2D eigenvalue weighted by molar-refractivity contribution is -0.119. The summed E-state index contributed by atoms with van der Waals surface area (Å²) in [6.07, 6.45) is 3.95. The van der Waals surface area contributed by atoms with Crippen molar-refractivity contribution in [3.8, 4) is 5.75 Å². The molecule has 0 aliphatic heterocycles. The van der Waals surface area contributed by atoms with Gasteiger partial charge in [0.2, 0.25) is 11.8 Å². The summed E-state index contributed by atoms with van der Waals surface area (Å²) in [6, 6.07) is 7.53. The third-order valence-corrected chi connectivity index (χ3v) is 2.64. The zero-order valence-corrected chi connectivity index (χ0v) is 12.5. The Balaban J connectivity index is 2.28. The molecule has 0 atom stereocenters. The van der Waals surface area contributed by atoms with Crippen molar-refractivity contribution in [2.24, 2.45) is 0 Å². The molecule has 0 saturated heterocycles. The van der Waals surface area contributed by atoms with Crippen LogP contribution in [0.5, 0.6) is 5.75 Å². The number of carbonyl (C=O) groups excluding carboxylic acids is 2. The van der Waals surface area contributed by atoms with E-state index in [-0.39, 0.29) is 11.8 Å². The lowest BCUT2D eigenvalue weighted by Crippen LogP contribution is -2.27. The van der Waals surface area contributed by atoms with Gasteiger partial charge in [-0.05, 0) is 37.1 Å². The third kappa shape index (κ3) is 7.77. The van der Waals surface area contributed by atoms with Crippen LogP contribution in [0.1, 0.15) is 25.8 Å². The number of hydrogen-bond donors (Lipinski definition) is 2. The summed E-state index contributed by atoms with van der Waals surface area (Å²) in [5.74, 6) is 0.612. The van der Waals surface area contributed by atoms with E-state index in [1.54, 1.807) is 6.08 Å². The Morgan fingerprint density at radius 3 is 2.43 bits per heavy atom. The van der Waals surface area contributed by atoms with Gasteiger partial charge in [0.05, 0.1) is 6.61 Å². The second kappa shape index (κ2) is 9.58. The number of amides is 2. The molecule has 0 unspecified atom stereocenters. The van der Waals surface area contributed by atoms with Crippen LogP contribution in [0.15, 0.2) is 30.3 Å². The molecule has 0 aliphatic carbocycles. The van der Waals surface area contributed by atoms with Crippen molar-refractivity contribution >= 4 is 17.9 Å². The standard InChI is InChI=1S/C16H22N2O3/c1-3-21-15-8-5-14(6-9-15)7-10-16(20)18-12-4-11-17-13(2)19/h5-10H,3-4,11-12H2,1-2H3,(H,17,19)(H,18,20)/b10-7+. The monoisotopic (exact) mass is 290 g/mol. The number of rotatable bonds is 8. The molecule has 0 spiro atoms. The maximum atomic E-state index is 11.6. The van der Waals surface area contributed by atoms with Gasteiger partial charge in [0.25, 0.3) is 0 Å². The molecule has 5 heteroatoms. The Morgan fingerprint density at radius 1 is 1.14 bits per heavy atom. The third-order valence-electron chi connectivity index (χ3n) is 2.64. The van der Waals surface area contributed by atoms with Crippen molar-refractivity contribution in [3.63, 3.8) is 0 Å². The molecule has 0 heterocycles. The smallest absolute Gasteiger partial charge is 0.244 e. The average Bonchev–Trinajstić information content (AvgIpc) is 2.46. The van der Waals surface area contributed by atoms with Crippen LogP contribution in [0.3, 0.4) is 0 Å². The van der Waals surface area contributed by atoms with E-state index in [0.717, 1.165) is 11.3 Å². The minimum absolute atomic E-state index is 0.0586. The predicted octanol–water partition coefficient (Wildman–Crippen LogP) is 1.74. The molecule has 114 valence electrons. The van der Waals surface area contributed by atoms with E-state index < -0.39 is 0 Å². The first-order chi connectivity index (χ1) is 10.1. The minimum Gasteiger partial charge on any atom is -0.494 e. The van der Waals surface area contributed by atoms with Crippen LogP contribution in [-0.4, -0.2) is 31.5 Å². The number of ether oxygens (including phenoxy) is 1. The lowest BCUT2D eigenvalue weighted by Gasteiger charge is -2.03. The summed E-state index contributed by atoms with van der Waals surface area (Å²) >= 11 is 0. The van der Waals surface area contributed by atoms with Crippen molar-refractivity contribution in [2.75, 3.05) is 19.7 Å². The highest BCUT2D eigenvalue weighted by atomic mass is 16.5. The molecule has 0 saturated carbocycles. The van der Waals surface area contributed by atoms with Crippen molar-refractivity contribution in [1.29, 1.82) is 0 Å². The summed E-state index contributed by atoms with van der Waals surface area (Å²) in [5.41, 5.74) is 0.937. The highest BCUT2D eigenvalue weighted by molar-refractivity contribution is 5.91. The molecule has 5 nitrogen and oxygen atoms in total. The molecule has 2 amide bonds. The van der Waals surface area contributed by atoms with Crippen molar-refractivity contribution in [2.45, 2.75) is 20.3 Å². The van der Waals surface area contributed by atoms with Gasteiger partial charge in [0.1, 0.15) is 5.75 Å². The fourth-order valence-electron chi connectivity index (χ4n) is 1.64. The maximum absolute atomic E-state index is 11.6. The molecule has 0 aliphatic rings. The van der Waals surface area contributed by atoms with Crippen molar-refractivity contribution < 1.29 is 14.3 Å². The highest BCUT2D eigenvalue weighted by Gasteiger charge is 1.96. The number of carbonyl (C=O) groups is 2.